The molecule has 6 nitrogen and oxygen atoms in total. The third kappa shape index (κ3) is 2.85. The van der Waals surface area contributed by atoms with Crippen molar-refractivity contribution in [3.63, 3.8) is 0 Å². The lowest BCUT2D eigenvalue weighted by Crippen LogP contribution is -2.41. The van der Waals surface area contributed by atoms with Crippen molar-refractivity contribution in [3.05, 3.63) is 42.1 Å². The second-order valence-electron chi connectivity index (χ2n) is 5.06. The molecular formula is C15H19N3O3. The van der Waals surface area contributed by atoms with E-state index in [1.165, 1.54) is 6.26 Å². The summed E-state index contributed by atoms with van der Waals surface area (Å²) in [5.74, 6) is 0.267. The molecule has 112 valence electrons. The maximum Gasteiger partial charge on any atom is 0.290 e. The summed E-state index contributed by atoms with van der Waals surface area (Å²) in [6, 6.07) is 5.41. The van der Waals surface area contributed by atoms with Crippen LogP contribution in [-0.4, -0.2) is 39.8 Å². The lowest BCUT2D eigenvalue weighted by molar-refractivity contribution is 0.0398. The monoisotopic (exact) mass is 289 g/mol. The Morgan fingerprint density at radius 3 is 3.19 bits per heavy atom. The van der Waals surface area contributed by atoms with Crippen LogP contribution in [0.3, 0.4) is 0 Å². The summed E-state index contributed by atoms with van der Waals surface area (Å²) in [5, 5.41) is 4.30. The molecule has 21 heavy (non-hydrogen) atoms. The van der Waals surface area contributed by atoms with Gasteiger partial charge >= 0.3 is 0 Å². The first kappa shape index (κ1) is 13.9. The van der Waals surface area contributed by atoms with Crippen LogP contribution in [-0.2, 0) is 17.8 Å². The maximum atomic E-state index is 12.7. The van der Waals surface area contributed by atoms with Gasteiger partial charge in [-0.3, -0.25) is 9.48 Å². The van der Waals surface area contributed by atoms with E-state index >= 15 is 0 Å². The Labute approximate surface area is 123 Å². The molecule has 1 atom stereocenters. The third-order valence-corrected chi connectivity index (χ3v) is 3.76. The smallest absolute Gasteiger partial charge is 0.290 e. The van der Waals surface area contributed by atoms with Crippen LogP contribution in [0.15, 0.2) is 35.1 Å². The minimum absolute atomic E-state index is 0.0317. The van der Waals surface area contributed by atoms with Gasteiger partial charge in [0.2, 0.25) is 0 Å². The van der Waals surface area contributed by atoms with Crippen LogP contribution in [0, 0.1) is 0 Å². The van der Waals surface area contributed by atoms with E-state index in [1.807, 2.05) is 22.6 Å². The Morgan fingerprint density at radius 1 is 1.52 bits per heavy atom. The molecule has 0 saturated carbocycles. The average Bonchev–Trinajstić information content (AvgIpc) is 3.14. The Morgan fingerprint density at radius 2 is 2.43 bits per heavy atom. The highest BCUT2D eigenvalue weighted by molar-refractivity contribution is 5.91. The highest BCUT2D eigenvalue weighted by Crippen LogP contribution is 2.20. The van der Waals surface area contributed by atoms with Gasteiger partial charge in [0.15, 0.2) is 5.76 Å². The molecule has 0 fully saturated rings. The van der Waals surface area contributed by atoms with Gasteiger partial charge in [-0.25, -0.2) is 0 Å². The number of hydrogen-bond acceptors (Lipinski definition) is 4. The molecular weight excluding hydrogens is 270 g/mol. The molecule has 0 bridgehead atoms. The molecule has 3 rings (SSSR count). The van der Waals surface area contributed by atoms with Gasteiger partial charge in [-0.1, -0.05) is 0 Å². The SMILES string of the molecule is CCOC[C@H]1CCn2nccc2CN1C(=O)c1ccco1. The summed E-state index contributed by atoms with van der Waals surface area (Å²) in [4.78, 5) is 14.5. The van der Waals surface area contributed by atoms with Gasteiger partial charge in [0, 0.05) is 19.3 Å². The third-order valence-electron chi connectivity index (χ3n) is 3.76. The fraction of sp³-hybridized carbons (Fsp3) is 0.467. The highest BCUT2D eigenvalue weighted by Gasteiger charge is 2.30. The summed E-state index contributed by atoms with van der Waals surface area (Å²) in [6.07, 6.45) is 4.11. The van der Waals surface area contributed by atoms with Crippen molar-refractivity contribution in [3.8, 4) is 0 Å². The van der Waals surface area contributed by atoms with Crippen LogP contribution >= 0.6 is 0 Å². The van der Waals surface area contributed by atoms with E-state index in [4.69, 9.17) is 9.15 Å². The molecule has 0 N–H and O–H groups in total. The van der Waals surface area contributed by atoms with Crippen molar-refractivity contribution in [1.82, 2.24) is 14.7 Å². The second-order valence-corrected chi connectivity index (χ2v) is 5.06. The van der Waals surface area contributed by atoms with Crippen LogP contribution < -0.4 is 0 Å². The molecule has 0 spiro atoms. The number of hydrogen-bond donors (Lipinski definition) is 0. The molecule has 2 aromatic heterocycles. The highest BCUT2D eigenvalue weighted by atomic mass is 16.5. The van der Waals surface area contributed by atoms with Crippen molar-refractivity contribution in [2.24, 2.45) is 0 Å². The normalized spacial score (nSPS) is 18.3. The van der Waals surface area contributed by atoms with Crippen molar-refractivity contribution in [2.45, 2.75) is 32.5 Å². The molecule has 2 aromatic rings. The topological polar surface area (TPSA) is 60.5 Å². The molecule has 1 amide bonds. The number of ether oxygens (including phenoxy) is 1. The van der Waals surface area contributed by atoms with E-state index in [9.17, 15) is 4.79 Å². The van der Waals surface area contributed by atoms with Crippen LogP contribution in [0.2, 0.25) is 0 Å². The zero-order chi connectivity index (χ0) is 14.7. The summed E-state index contributed by atoms with van der Waals surface area (Å²) in [7, 11) is 0. The zero-order valence-electron chi connectivity index (χ0n) is 12.1. The van der Waals surface area contributed by atoms with Gasteiger partial charge < -0.3 is 14.1 Å². The second kappa shape index (κ2) is 6.13. The number of amides is 1. The molecule has 0 aromatic carbocycles. The fourth-order valence-electron chi connectivity index (χ4n) is 2.63. The summed E-state index contributed by atoms with van der Waals surface area (Å²) in [5.41, 5.74) is 1.04. The van der Waals surface area contributed by atoms with Gasteiger partial charge in [0.25, 0.3) is 5.91 Å². The summed E-state index contributed by atoms with van der Waals surface area (Å²) >= 11 is 0. The van der Waals surface area contributed by atoms with Crippen molar-refractivity contribution in [1.29, 1.82) is 0 Å². The number of aryl methyl sites for hydroxylation is 1. The number of carbonyl (C=O) groups is 1. The number of carbonyl (C=O) groups excluding carboxylic acids is 1. The van der Waals surface area contributed by atoms with Gasteiger partial charge in [0.05, 0.1) is 31.2 Å². The first-order valence-corrected chi connectivity index (χ1v) is 7.22. The number of rotatable bonds is 4. The van der Waals surface area contributed by atoms with Crippen LogP contribution in [0.5, 0.6) is 0 Å². The number of furan rings is 1. The largest absolute Gasteiger partial charge is 0.459 e. The first-order valence-electron chi connectivity index (χ1n) is 7.22. The minimum atomic E-state index is -0.0978. The zero-order valence-corrected chi connectivity index (χ0v) is 12.1. The molecule has 1 aliphatic heterocycles. The van der Waals surface area contributed by atoms with Crippen molar-refractivity contribution < 1.29 is 13.9 Å². The van der Waals surface area contributed by atoms with Crippen LogP contribution in [0.1, 0.15) is 29.6 Å². The molecule has 0 unspecified atom stereocenters. The van der Waals surface area contributed by atoms with Gasteiger partial charge in [-0.15, -0.1) is 0 Å². The standard InChI is InChI=1S/C15H19N3O3/c1-2-20-11-13-6-8-18-12(5-7-16-18)10-17(13)15(19)14-4-3-9-21-14/h3-5,7,9,13H,2,6,8,10-11H2,1H3/t13-/m1/s1. The van der Waals surface area contributed by atoms with Crippen LogP contribution in [0.25, 0.3) is 0 Å². The van der Waals surface area contributed by atoms with E-state index in [1.54, 1.807) is 18.3 Å². The Kier molecular flexibility index (Phi) is 4.06. The van der Waals surface area contributed by atoms with Crippen molar-refractivity contribution in [2.75, 3.05) is 13.2 Å². The quantitative estimate of drug-likeness (QED) is 0.863. The average molecular weight is 289 g/mol. The first-order chi connectivity index (χ1) is 10.3. The number of aromatic nitrogens is 2. The molecule has 6 heteroatoms. The predicted molar refractivity (Wildman–Crippen MR) is 75.7 cm³/mol. The number of nitrogens with zero attached hydrogens (tertiary/aromatic N) is 3. The van der Waals surface area contributed by atoms with E-state index in [0.29, 0.717) is 25.5 Å². The fourth-order valence-corrected chi connectivity index (χ4v) is 2.63. The lowest BCUT2D eigenvalue weighted by atomic mass is 10.1. The molecule has 0 radical (unpaired) electrons. The molecule has 3 heterocycles. The van der Waals surface area contributed by atoms with Crippen molar-refractivity contribution >= 4 is 5.91 Å². The maximum absolute atomic E-state index is 12.7. The summed E-state index contributed by atoms with van der Waals surface area (Å²) < 4.78 is 12.8. The van der Waals surface area contributed by atoms with Crippen LogP contribution in [0.4, 0.5) is 0 Å². The van der Waals surface area contributed by atoms with Gasteiger partial charge in [-0.05, 0) is 31.5 Å². The van der Waals surface area contributed by atoms with E-state index in [2.05, 4.69) is 5.10 Å². The molecule has 1 aliphatic rings. The molecule has 0 aliphatic carbocycles. The predicted octanol–water partition coefficient (Wildman–Crippen LogP) is 1.93. The minimum Gasteiger partial charge on any atom is -0.459 e. The summed E-state index contributed by atoms with van der Waals surface area (Å²) in [6.45, 7) is 4.46. The Balaban J connectivity index is 1.85. The van der Waals surface area contributed by atoms with Gasteiger partial charge in [0.1, 0.15) is 0 Å². The number of fused-ring (bicyclic) bond motifs is 1. The Bertz CT molecular complexity index is 591. The lowest BCUT2D eigenvalue weighted by Gasteiger charge is -2.28. The molecule has 0 saturated heterocycles. The Hall–Kier alpha value is -2.08. The van der Waals surface area contributed by atoms with Gasteiger partial charge in [-0.2, -0.15) is 5.10 Å². The van der Waals surface area contributed by atoms with E-state index in [-0.39, 0.29) is 11.9 Å². The van der Waals surface area contributed by atoms with E-state index < -0.39 is 0 Å². The van der Waals surface area contributed by atoms with E-state index in [0.717, 1.165) is 18.7 Å².